The lowest BCUT2D eigenvalue weighted by molar-refractivity contribution is 0.436. The zero-order chi connectivity index (χ0) is 66.0. The van der Waals surface area contributed by atoms with Gasteiger partial charge in [0.1, 0.15) is 46.6 Å². The quantitative estimate of drug-likeness (QED) is 0.111. The van der Waals surface area contributed by atoms with E-state index in [0.717, 1.165) is 60.1 Å². The lowest BCUT2D eigenvalue weighted by Crippen LogP contribution is -2.02. The van der Waals surface area contributed by atoms with Crippen molar-refractivity contribution in [2.24, 2.45) is 0 Å². The minimum absolute atomic E-state index is 0.00870. The number of pyridine rings is 2. The summed E-state index contributed by atoms with van der Waals surface area (Å²) >= 11 is 0. The van der Waals surface area contributed by atoms with Crippen molar-refractivity contribution in [1.29, 1.82) is 0 Å². The van der Waals surface area contributed by atoms with Crippen molar-refractivity contribution < 1.29 is 61.5 Å². The van der Waals surface area contributed by atoms with Crippen LogP contribution in [0.15, 0.2) is 97.8 Å². The fraction of sp³-hybridized carbons (Fsp3) is 0.273. The van der Waals surface area contributed by atoms with E-state index >= 15 is 0 Å². The Kier molecular flexibility index (Phi) is 32.0. The van der Waals surface area contributed by atoms with Crippen LogP contribution >= 0.6 is 0 Å². The third kappa shape index (κ3) is 25.8. The number of halogens is 14. The van der Waals surface area contributed by atoms with E-state index in [1.165, 1.54) is 83.9 Å². The second-order valence-electron chi connectivity index (χ2n) is 19.6. The van der Waals surface area contributed by atoms with Gasteiger partial charge in [-0.1, -0.05) is 12.1 Å². The minimum atomic E-state index is -1.33. The summed E-state index contributed by atoms with van der Waals surface area (Å²) in [4.78, 5) is 24.0. The number of hydrogen-bond donors (Lipinski definition) is 0. The Bertz CT molecular complexity index is 3050. The Morgan fingerprint density at radius 3 is 0.698 bits per heavy atom. The minimum Gasteiger partial charge on any atom is -0.261 e. The van der Waals surface area contributed by atoms with Crippen molar-refractivity contribution in [2.75, 3.05) is 0 Å². The molecule has 4 heterocycles. The van der Waals surface area contributed by atoms with Crippen molar-refractivity contribution in [3.8, 4) is 0 Å². The summed E-state index contributed by atoms with van der Waals surface area (Å²) in [7, 11) is 0. The van der Waals surface area contributed by atoms with E-state index in [1.807, 2.05) is 105 Å². The SMILES string of the molecule is Cc1c(F)c(F)c(C)c(F)c1F.Cc1cc(F)c(C)c(F)c1.Cc1cc(F)c(C)c(F)c1F.Cc1cc(F)c(C)c(F)c1F.Cc1cc(F)c(C)cc1F.Cc1ccc(C)nc1.Cc1ccc(C)nc1.Cc1cnc(C)nc1.Cc1cnc(C)nc1. The lowest BCUT2D eigenvalue weighted by Gasteiger charge is -2.04. The van der Waals surface area contributed by atoms with Crippen LogP contribution in [-0.4, -0.2) is 29.9 Å². The summed E-state index contributed by atoms with van der Waals surface area (Å²) in [6.07, 6.45) is 11.0. The van der Waals surface area contributed by atoms with E-state index in [9.17, 15) is 61.5 Å². The summed E-state index contributed by atoms with van der Waals surface area (Å²) in [6.45, 7) is 28.9. The highest BCUT2D eigenvalue weighted by molar-refractivity contribution is 5.29. The standard InChI is InChI=1S/C8H6F4.2C8H7F3.2C8H8F2.2C7H9N.2C6H8N2/c1-3-5(9)7(11)4(2)8(12)6(3)10;2*1-4-3-6(9)5(2)8(11)7(4)10;1-5-3-8(10)6(2)4-7(5)9;1-5-3-7(9)6(2)8(10)4-5;2*1-6-3-4-7(2)8-5-6;2*1-5-3-7-6(2)8-4-5/h1-2H3;2*3H,1-2H3;2*3-4H,1-2H3;2*3-5H,1-2H3;2*3-4H,1-2H3. The van der Waals surface area contributed by atoms with Crippen LogP contribution in [0.3, 0.4) is 0 Å². The maximum absolute atomic E-state index is 12.7. The highest BCUT2D eigenvalue weighted by Gasteiger charge is 2.20. The monoisotopic (exact) mass is 1210 g/mol. The first-order chi connectivity index (χ1) is 39.9. The van der Waals surface area contributed by atoms with Gasteiger partial charge in [-0.3, -0.25) is 9.97 Å². The number of aryl methyl sites for hydroxylation is 13. The first-order valence-corrected chi connectivity index (χ1v) is 26.1. The summed E-state index contributed by atoms with van der Waals surface area (Å²) in [5.74, 6) is -10.8. The van der Waals surface area contributed by atoms with Crippen LogP contribution in [0.1, 0.15) is 101 Å². The van der Waals surface area contributed by atoms with Crippen molar-refractivity contribution in [1.82, 2.24) is 29.9 Å². The van der Waals surface area contributed by atoms with Crippen LogP contribution < -0.4 is 0 Å². The Hall–Kier alpha value is -8.42. The molecule has 0 amide bonds. The van der Waals surface area contributed by atoms with Gasteiger partial charge in [0.25, 0.3) is 0 Å². The lowest BCUT2D eigenvalue weighted by atomic mass is 10.1. The molecular formula is C66H70F14N6. The highest BCUT2D eigenvalue weighted by atomic mass is 19.2. The first-order valence-electron chi connectivity index (χ1n) is 26.1. The van der Waals surface area contributed by atoms with Gasteiger partial charge in [0.15, 0.2) is 46.5 Å². The Balaban J connectivity index is 0.000000485. The number of rotatable bonds is 0. The first kappa shape index (κ1) is 75.6. The zero-order valence-electron chi connectivity index (χ0n) is 51.2. The van der Waals surface area contributed by atoms with Crippen molar-refractivity contribution >= 4 is 0 Å². The van der Waals surface area contributed by atoms with Gasteiger partial charge in [0.2, 0.25) is 0 Å². The largest absolute Gasteiger partial charge is 0.261 e. The van der Waals surface area contributed by atoms with E-state index < -0.39 is 80.9 Å². The molecule has 0 fully saturated rings. The van der Waals surface area contributed by atoms with E-state index in [4.69, 9.17) is 0 Å². The van der Waals surface area contributed by atoms with Crippen molar-refractivity contribution in [2.45, 2.75) is 125 Å². The van der Waals surface area contributed by atoms with Crippen LogP contribution in [0, 0.1) is 206 Å². The van der Waals surface area contributed by atoms with Crippen LogP contribution in [-0.2, 0) is 0 Å². The molecule has 0 bridgehead atoms. The molecule has 6 nitrogen and oxygen atoms in total. The van der Waals surface area contributed by atoms with Crippen LogP contribution in [0.25, 0.3) is 0 Å². The Morgan fingerprint density at radius 2 is 0.453 bits per heavy atom. The molecule has 4 aromatic heterocycles. The maximum atomic E-state index is 12.7. The smallest absolute Gasteiger partial charge is 0.165 e. The summed E-state index contributed by atoms with van der Waals surface area (Å²) < 4.78 is 177. The molecule has 0 radical (unpaired) electrons. The van der Waals surface area contributed by atoms with E-state index in [0.29, 0.717) is 16.7 Å². The third-order valence-electron chi connectivity index (χ3n) is 11.6. The maximum Gasteiger partial charge on any atom is 0.165 e. The predicted molar refractivity (Wildman–Crippen MR) is 309 cm³/mol. The number of aromatic nitrogens is 6. The van der Waals surface area contributed by atoms with Crippen molar-refractivity contribution in [3.63, 3.8) is 0 Å². The topological polar surface area (TPSA) is 77.3 Å². The van der Waals surface area contributed by atoms with Gasteiger partial charge in [-0.15, -0.1) is 0 Å². The van der Waals surface area contributed by atoms with Crippen molar-refractivity contribution in [3.05, 3.63) is 280 Å². The molecule has 9 aromatic rings. The molecule has 0 spiro atoms. The van der Waals surface area contributed by atoms with Crippen LogP contribution in [0.2, 0.25) is 0 Å². The summed E-state index contributed by atoms with van der Waals surface area (Å²) in [6, 6.07) is 15.1. The summed E-state index contributed by atoms with van der Waals surface area (Å²) in [5, 5.41) is 0. The molecule has 0 aliphatic heterocycles. The van der Waals surface area contributed by atoms with Gasteiger partial charge in [0, 0.05) is 76.4 Å². The molecule has 86 heavy (non-hydrogen) atoms. The van der Waals surface area contributed by atoms with E-state index in [2.05, 4.69) is 42.0 Å². The van der Waals surface area contributed by atoms with Gasteiger partial charge >= 0.3 is 0 Å². The van der Waals surface area contributed by atoms with Gasteiger partial charge in [0.05, 0.1) is 0 Å². The molecule has 0 N–H and O–H groups in total. The van der Waals surface area contributed by atoms with Crippen LogP contribution in [0.5, 0.6) is 0 Å². The van der Waals surface area contributed by atoms with Gasteiger partial charge in [-0.25, -0.2) is 81.4 Å². The molecule has 0 saturated carbocycles. The molecule has 20 heteroatoms. The molecule has 462 valence electrons. The van der Waals surface area contributed by atoms with E-state index in [1.54, 1.807) is 6.92 Å². The summed E-state index contributed by atoms with van der Waals surface area (Å²) in [5.41, 5.74) is 6.39. The van der Waals surface area contributed by atoms with Gasteiger partial charge in [-0.2, -0.15) is 0 Å². The zero-order valence-corrected chi connectivity index (χ0v) is 51.2. The molecular weight excluding hydrogens is 1140 g/mol. The second kappa shape index (κ2) is 36.4. The molecule has 0 aliphatic carbocycles. The number of nitrogens with zero attached hydrogens (tertiary/aromatic N) is 6. The molecule has 0 saturated heterocycles. The normalized spacial score (nSPS) is 9.86. The Labute approximate surface area is 494 Å². The average molecular weight is 1210 g/mol. The average Bonchev–Trinajstić information content (AvgIpc) is 3.53. The molecule has 0 unspecified atom stereocenters. The molecule has 9 rings (SSSR count). The Morgan fingerprint density at radius 1 is 0.209 bits per heavy atom. The number of benzene rings is 5. The third-order valence-corrected chi connectivity index (χ3v) is 11.6. The van der Waals surface area contributed by atoms with Crippen LogP contribution in [0.4, 0.5) is 61.5 Å². The van der Waals surface area contributed by atoms with Gasteiger partial charge in [-0.05, 0) is 223 Å². The number of hydrogen-bond acceptors (Lipinski definition) is 6. The van der Waals surface area contributed by atoms with E-state index in [-0.39, 0.29) is 39.5 Å². The highest BCUT2D eigenvalue weighted by Crippen LogP contribution is 2.23. The molecule has 0 atom stereocenters. The fourth-order valence-electron chi connectivity index (χ4n) is 5.98. The second-order valence-corrected chi connectivity index (χ2v) is 19.6. The predicted octanol–water partition coefficient (Wildman–Crippen LogP) is 19.0. The molecule has 5 aromatic carbocycles. The molecule has 0 aliphatic rings. The fourth-order valence-corrected chi connectivity index (χ4v) is 5.98. The van der Waals surface area contributed by atoms with Gasteiger partial charge < -0.3 is 0 Å².